The number of anilines is 1. The monoisotopic (exact) mass is 248 g/mol. The van der Waals surface area contributed by atoms with Crippen molar-refractivity contribution in [1.82, 2.24) is 0 Å². The number of carbonyl (C=O) groups is 1. The van der Waals surface area contributed by atoms with Gasteiger partial charge in [0.05, 0.1) is 16.9 Å². The van der Waals surface area contributed by atoms with E-state index in [0.29, 0.717) is 5.06 Å². The van der Waals surface area contributed by atoms with E-state index < -0.39 is 10.8 Å². The number of nitrogens with zero attached hydrogens (tertiary/aromatic N) is 2. The van der Waals surface area contributed by atoms with Gasteiger partial charge in [0.1, 0.15) is 0 Å². The maximum Gasteiger partial charge on any atom is 0.317 e. The van der Waals surface area contributed by atoms with Gasteiger partial charge in [-0.15, -0.1) is 0 Å². The third-order valence-electron chi connectivity index (χ3n) is 2.21. The fourth-order valence-corrected chi connectivity index (χ4v) is 1.36. The first-order valence-corrected chi connectivity index (χ1v) is 4.91. The summed E-state index contributed by atoms with van der Waals surface area (Å²) in [5.74, 6) is -0.871. The van der Waals surface area contributed by atoms with E-state index in [-0.39, 0.29) is 17.1 Å². The molecule has 1 aromatic heterocycles. The predicted molar refractivity (Wildman–Crippen MR) is 60.4 cm³/mol. The first kappa shape index (κ1) is 11.8. The predicted octanol–water partition coefficient (Wildman–Crippen LogP) is 2.22. The molecule has 2 aromatic rings. The van der Waals surface area contributed by atoms with Crippen LogP contribution in [0, 0.1) is 10.1 Å². The summed E-state index contributed by atoms with van der Waals surface area (Å²) in [5.41, 5.74) is -0.232. The molecule has 1 heterocycles. The molecule has 1 amide bonds. The van der Waals surface area contributed by atoms with Gasteiger partial charge in [0.25, 0.3) is 5.69 Å². The molecule has 7 heteroatoms. The molecule has 1 N–H and O–H groups in total. The van der Waals surface area contributed by atoms with E-state index in [4.69, 9.17) is 4.42 Å². The van der Waals surface area contributed by atoms with Crippen molar-refractivity contribution in [2.24, 2.45) is 0 Å². The van der Waals surface area contributed by atoms with Crippen LogP contribution in [0.4, 0.5) is 11.4 Å². The minimum absolute atomic E-state index is 0.00870. The highest BCUT2D eigenvalue weighted by atomic mass is 16.6. The fourth-order valence-electron chi connectivity index (χ4n) is 1.36. The molecule has 0 saturated heterocycles. The smallest absolute Gasteiger partial charge is 0.317 e. The van der Waals surface area contributed by atoms with Gasteiger partial charge in [-0.3, -0.25) is 20.1 Å². The van der Waals surface area contributed by atoms with Crippen LogP contribution >= 0.6 is 0 Å². The van der Waals surface area contributed by atoms with E-state index >= 15 is 0 Å². The highest BCUT2D eigenvalue weighted by Gasteiger charge is 2.19. The number of non-ortho nitro benzene ring substituents is 1. The Hall–Kier alpha value is -2.67. The average molecular weight is 248 g/mol. The third-order valence-corrected chi connectivity index (χ3v) is 2.21. The molecule has 0 fully saturated rings. The summed E-state index contributed by atoms with van der Waals surface area (Å²) in [5, 5.41) is 20.5. The third kappa shape index (κ3) is 2.20. The van der Waals surface area contributed by atoms with Gasteiger partial charge < -0.3 is 4.42 Å². The van der Waals surface area contributed by atoms with Crippen molar-refractivity contribution in [3.05, 3.63) is 58.5 Å². The molecule has 0 aliphatic carbocycles. The Kier molecular flexibility index (Phi) is 3.07. The van der Waals surface area contributed by atoms with Crippen LogP contribution in [0.2, 0.25) is 0 Å². The summed E-state index contributed by atoms with van der Waals surface area (Å²) in [6, 6.07) is 7.95. The molecule has 2 rings (SSSR count). The van der Waals surface area contributed by atoms with E-state index in [0.717, 1.165) is 6.07 Å². The maximum atomic E-state index is 11.7. The lowest BCUT2D eigenvalue weighted by molar-refractivity contribution is -0.384. The molecule has 1 aromatic carbocycles. The van der Waals surface area contributed by atoms with Crippen LogP contribution in [-0.4, -0.2) is 16.0 Å². The molecule has 0 aliphatic rings. The highest BCUT2D eigenvalue weighted by molar-refractivity contribution is 6.02. The number of nitro groups is 1. The Morgan fingerprint density at radius 1 is 1.33 bits per heavy atom. The van der Waals surface area contributed by atoms with Gasteiger partial charge in [0.15, 0.2) is 5.76 Å². The molecule has 0 radical (unpaired) electrons. The van der Waals surface area contributed by atoms with Crippen LogP contribution in [0.5, 0.6) is 0 Å². The molecule has 0 spiro atoms. The Balaban J connectivity index is 2.29. The summed E-state index contributed by atoms with van der Waals surface area (Å²) in [7, 11) is 0. The lowest BCUT2D eigenvalue weighted by Crippen LogP contribution is -2.26. The van der Waals surface area contributed by atoms with E-state index in [2.05, 4.69) is 0 Å². The van der Waals surface area contributed by atoms with Crippen LogP contribution in [0.25, 0.3) is 0 Å². The zero-order valence-electron chi connectivity index (χ0n) is 9.02. The fraction of sp³-hybridized carbons (Fsp3) is 0. The summed E-state index contributed by atoms with van der Waals surface area (Å²) in [6.07, 6.45) is 1.29. The van der Waals surface area contributed by atoms with Gasteiger partial charge in [0, 0.05) is 12.1 Å². The molecule has 0 unspecified atom stereocenters. The average Bonchev–Trinajstić information content (AvgIpc) is 2.91. The summed E-state index contributed by atoms with van der Waals surface area (Å²) in [4.78, 5) is 21.7. The van der Waals surface area contributed by atoms with Crippen LogP contribution < -0.4 is 5.06 Å². The minimum Gasteiger partial charge on any atom is -0.459 e. The van der Waals surface area contributed by atoms with Crippen molar-refractivity contribution >= 4 is 17.3 Å². The number of hydrogen-bond donors (Lipinski definition) is 1. The Bertz CT molecular complexity index is 579. The van der Waals surface area contributed by atoms with Crippen molar-refractivity contribution in [3.63, 3.8) is 0 Å². The van der Waals surface area contributed by atoms with Gasteiger partial charge in [-0.2, -0.15) is 5.06 Å². The summed E-state index contributed by atoms with van der Waals surface area (Å²) in [6.45, 7) is 0. The zero-order chi connectivity index (χ0) is 13.1. The van der Waals surface area contributed by atoms with Gasteiger partial charge in [0.2, 0.25) is 0 Å². The molecular weight excluding hydrogens is 240 g/mol. The number of hydrogen-bond acceptors (Lipinski definition) is 5. The van der Waals surface area contributed by atoms with E-state index in [9.17, 15) is 20.1 Å². The van der Waals surface area contributed by atoms with Crippen molar-refractivity contribution in [2.75, 3.05) is 5.06 Å². The minimum atomic E-state index is -0.805. The SMILES string of the molecule is O=C(c1ccco1)N(O)c1cccc([N+](=O)[O-])c1. The lowest BCUT2D eigenvalue weighted by Gasteiger charge is -2.12. The van der Waals surface area contributed by atoms with E-state index in [1.165, 1.54) is 36.6 Å². The Morgan fingerprint density at radius 3 is 2.72 bits per heavy atom. The largest absolute Gasteiger partial charge is 0.459 e. The van der Waals surface area contributed by atoms with Gasteiger partial charge in [-0.25, -0.2) is 0 Å². The van der Waals surface area contributed by atoms with Gasteiger partial charge >= 0.3 is 5.91 Å². The van der Waals surface area contributed by atoms with Crippen LogP contribution in [0.15, 0.2) is 47.1 Å². The first-order chi connectivity index (χ1) is 8.59. The topological polar surface area (TPSA) is 96.8 Å². The van der Waals surface area contributed by atoms with Crippen molar-refractivity contribution in [3.8, 4) is 0 Å². The number of furan rings is 1. The molecule has 0 saturated carbocycles. The van der Waals surface area contributed by atoms with E-state index in [1.807, 2.05) is 0 Å². The standard InChI is InChI=1S/C11H8N2O5/c14-11(10-5-2-6-18-10)12(15)8-3-1-4-9(7-8)13(16)17/h1-7,15H. The summed E-state index contributed by atoms with van der Waals surface area (Å²) >= 11 is 0. The molecule has 92 valence electrons. The molecule has 0 aliphatic heterocycles. The zero-order valence-corrected chi connectivity index (χ0v) is 9.02. The van der Waals surface area contributed by atoms with Gasteiger partial charge in [-0.1, -0.05) is 6.07 Å². The molecule has 0 bridgehead atoms. The maximum absolute atomic E-state index is 11.7. The van der Waals surface area contributed by atoms with Crippen LogP contribution in [-0.2, 0) is 0 Å². The van der Waals surface area contributed by atoms with Crippen molar-refractivity contribution in [2.45, 2.75) is 0 Å². The van der Waals surface area contributed by atoms with Crippen molar-refractivity contribution in [1.29, 1.82) is 0 Å². The second kappa shape index (κ2) is 4.68. The number of amides is 1. The number of carbonyl (C=O) groups excluding carboxylic acids is 1. The second-order valence-corrected chi connectivity index (χ2v) is 3.37. The molecule has 18 heavy (non-hydrogen) atoms. The van der Waals surface area contributed by atoms with Crippen molar-refractivity contribution < 1.29 is 19.3 Å². The number of hydroxylamine groups is 1. The Labute approximate surface area is 101 Å². The lowest BCUT2D eigenvalue weighted by atomic mass is 10.2. The number of benzene rings is 1. The number of nitro benzene ring substituents is 1. The van der Waals surface area contributed by atoms with E-state index in [1.54, 1.807) is 0 Å². The molecular formula is C11H8N2O5. The van der Waals surface area contributed by atoms with Gasteiger partial charge in [-0.05, 0) is 18.2 Å². The highest BCUT2D eigenvalue weighted by Crippen LogP contribution is 2.21. The summed E-state index contributed by atoms with van der Waals surface area (Å²) < 4.78 is 4.83. The van der Waals surface area contributed by atoms with Crippen LogP contribution in [0.1, 0.15) is 10.6 Å². The number of rotatable bonds is 3. The molecule has 0 atom stereocenters. The second-order valence-electron chi connectivity index (χ2n) is 3.37. The molecule has 7 nitrogen and oxygen atoms in total. The quantitative estimate of drug-likeness (QED) is 0.510. The Morgan fingerprint density at radius 2 is 2.11 bits per heavy atom. The first-order valence-electron chi connectivity index (χ1n) is 4.91. The normalized spacial score (nSPS) is 10.1. The van der Waals surface area contributed by atoms with Crippen LogP contribution in [0.3, 0.4) is 0 Å².